The molecule has 4 heterocycles. The Hall–Kier alpha value is -3.86. The van der Waals surface area contributed by atoms with Crippen LogP contribution in [0.1, 0.15) is 37.2 Å². The number of fused-ring (bicyclic) bond motifs is 1. The molecule has 146 valence electrons. The Kier molecular flexibility index (Phi) is 4.64. The van der Waals surface area contributed by atoms with E-state index in [0.717, 1.165) is 17.6 Å². The minimum absolute atomic E-state index is 0.191. The zero-order chi connectivity index (χ0) is 20.5. The number of nitrogen functional groups attached to an aromatic ring is 1. The fourth-order valence-electron chi connectivity index (χ4n) is 2.96. The highest BCUT2D eigenvalue weighted by Gasteiger charge is 2.25. The van der Waals surface area contributed by atoms with Gasteiger partial charge in [-0.3, -0.25) is 14.7 Å². The topological polar surface area (TPSA) is 155 Å². The third-order valence-corrected chi connectivity index (χ3v) is 5.38. The van der Waals surface area contributed by atoms with E-state index in [1.54, 1.807) is 42.1 Å². The normalized spacial score (nSPS) is 10.9. The van der Waals surface area contributed by atoms with Crippen LogP contribution in [0.3, 0.4) is 0 Å². The molecular weight excluding hydrogens is 392 g/mol. The summed E-state index contributed by atoms with van der Waals surface area (Å²) in [5, 5.41) is 17.3. The number of pyridine rings is 1. The van der Waals surface area contributed by atoms with E-state index in [-0.39, 0.29) is 34.6 Å². The predicted octanol–water partition coefficient (Wildman–Crippen LogP) is 1.49. The van der Waals surface area contributed by atoms with E-state index in [2.05, 4.69) is 25.5 Å². The minimum Gasteiger partial charge on any atom is -0.384 e. The molecule has 0 spiro atoms. The summed E-state index contributed by atoms with van der Waals surface area (Å²) in [6.07, 6.45) is 2.65. The Morgan fingerprint density at radius 3 is 2.86 bits per heavy atom. The van der Waals surface area contributed by atoms with E-state index in [1.165, 1.54) is 0 Å². The monoisotopic (exact) mass is 408 g/mol. The molecule has 0 aliphatic heterocycles. The molecule has 0 aliphatic rings. The van der Waals surface area contributed by atoms with E-state index in [0.29, 0.717) is 27.4 Å². The molecule has 0 unspecified atom stereocenters. The molecule has 0 saturated heterocycles. The van der Waals surface area contributed by atoms with Crippen molar-refractivity contribution in [3.05, 3.63) is 58.1 Å². The lowest BCUT2D eigenvalue weighted by Crippen LogP contribution is -2.26. The molecule has 4 aromatic heterocycles. The third-order valence-electron chi connectivity index (χ3n) is 4.31. The molecule has 4 aromatic rings. The number of carbonyl (C=O) groups is 2. The maximum Gasteiger partial charge on any atom is 0.269 e. The van der Waals surface area contributed by atoms with Gasteiger partial charge in [0, 0.05) is 25.0 Å². The van der Waals surface area contributed by atoms with Crippen LogP contribution in [0.15, 0.2) is 30.5 Å². The van der Waals surface area contributed by atoms with E-state index < -0.39 is 0 Å². The molecule has 0 saturated carbocycles. The Morgan fingerprint density at radius 2 is 2.17 bits per heavy atom. The van der Waals surface area contributed by atoms with E-state index in [9.17, 15) is 9.59 Å². The van der Waals surface area contributed by atoms with Gasteiger partial charge in [0.15, 0.2) is 10.7 Å². The number of ketones is 1. The number of nitrogens with one attached hydrogen (secondary N) is 3. The van der Waals surface area contributed by atoms with Gasteiger partial charge in [-0.05, 0) is 18.2 Å². The molecule has 5 N–H and O–H groups in total. The second-order valence-electron chi connectivity index (χ2n) is 6.16. The third kappa shape index (κ3) is 3.27. The van der Waals surface area contributed by atoms with Crippen LogP contribution in [0, 0.1) is 5.41 Å². The highest BCUT2D eigenvalue weighted by atomic mass is 32.1. The van der Waals surface area contributed by atoms with E-state index in [4.69, 9.17) is 11.1 Å². The standard InChI is InChI=1S/C18H16N8O2S/c1-26-13(17(28)21-8-9-3-2-4-12(20)23-9)10(7-19)15-16(26)24-18(29-15)14(27)11-5-6-22-25-11/h2-7,19H,8H2,1H3,(H2,20,23)(H,21,28)(H,22,25). The molecule has 0 bridgehead atoms. The van der Waals surface area contributed by atoms with Crippen LogP contribution >= 0.6 is 11.3 Å². The number of H-pyrrole nitrogens is 1. The van der Waals surface area contributed by atoms with Crippen LogP contribution in [-0.4, -0.2) is 42.6 Å². The van der Waals surface area contributed by atoms with Gasteiger partial charge in [-0.1, -0.05) is 6.07 Å². The Morgan fingerprint density at radius 1 is 1.34 bits per heavy atom. The lowest BCUT2D eigenvalue weighted by atomic mass is 10.2. The number of amides is 1. The number of nitrogens with zero attached hydrogens (tertiary/aromatic N) is 4. The summed E-state index contributed by atoms with van der Waals surface area (Å²) in [6, 6.07) is 6.74. The zero-order valence-corrected chi connectivity index (χ0v) is 16.1. The van der Waals surface area contributed by atoms with Crippen LogP contribution in [0.2, 0.25) is 0 Å². The van der Waals surface area contributed by atoms with Crippen LogP contribution in [-0.2, 0) is 13.6 Å². The highest BCUT2D eigenvalue weighted by molar-refractivity contribution is 7.20. The highest BCUT2D eigenvalue weighted by Crippen LogP contribution is 2.30. The average molecular weight is 408 g/mol. The molecule has 0 fully saturated rings. The first-order valence-electron chi connectivity index (χ1n) is 8.53. The molecule has 0 atom stereocenters. The molecule has 10 nitrogen and oxygen atoms in total. The summed E-state index contributed by atoms with van der Waals surface area (Å²) < 4.78 is 2.17. The number of nitrogens with two attached hydrogens (primary N) is 1. The van der Waals surface area contributed by atoms with Gasteiger partial charge in [-0.2, -0.15) is 5.10 Å². The first-order valence-corrected chi connectivity index (χ1v) is 9.35. The number of hydrogen-bond donors (Lipinski definition) is 4. The second-order valence-corrected chi connectivity index (χ2v) is 7.16. The maximum absolute atomic E-state index is 12.8. The fraction of sp³-hybridized carbons (Fsp3) is 0.111. The van der Waals surface area contributed by atoms with Gasteiger partial charge in [-0.15, -0.1) is 11.3 Å². The Bertz CT molecular complexity index is 1240. The summed E-state index contributed by atoms with van der Waals surface area (Å²) >= 11 is 1.13. The Balaban J connectivity index is 1.65. The second kappa shape index (κ2) is 7.28. The van der Waals surface area contributed by atoms with Gasteiger partial charge in [0.2, 0.25) is 5.78 Å². The average Bonchev–Trinajstić information content (AvgIpc) is 3.43. The van der Waals surface area contributed by atoms with Gasteiger partial charge in [0.25, 0.3) is 5.91 Å². The molecule has 0 aromatic carbocycles. The van der Waals surface area contributed by atoms with Crippen molar-refractivity contribution < 1.29 is 9.59 Å². The molecule has 4 rings (SSSR count). The number of thiazole rings is 1. The Labute approximate surface area is 168 Å². The molecule has 11 heteroatoms. The van der Waals surface area contributed by atoms with Crippen molar-refractivity contribution in [3.63, 3.8) is 0 Å². The fourth-order valence-corrected chi connectivity index (χ4v) is 4.02. The summed E-state index contributed by atoms with van der Waals surface area (Å²) in [5.74, 6) is -0.322. The van der Waals surface area contributed by atoms with Crippen LogP contribution in [0.5, 0.6) is 0 Å². The van der Waals surface area contributed by atoms with Crippen molar-refractivity contribution in [2.75, 3.05) is 5.73 Å². The van der Waals surface area contributed by atoms with Crippen LogP contribution in [0.25, 0.3) is 10.3 Å². The lowest BCUT2D eigenvalue weighted by Gasteiger charge is -2.08. The van der Waals surface area contributed by atoms with Crippen molar-refractivity contribution in [2.45, 2.75) is 6.54 Å². The van der Waals surface area contributed by atoms with Crippen molar-refractivity contribution in [3.8, 4) is 0 Å². The number of anilines is 1. The maximum atomic E-state index is 12.8. The summed E-state index contributed by atoms with van der Waals surface area (Å²) in [4.78, 5) is 33.8. The first kappa shape index (κ1) is 18.5. The minimum atomic E-state index is -0.374. The van der Waals surface area contributed by atoms with Crippen molar-refractivity contribution in [2.24, 2.45) is 7.05 Å². The first-order chi connectivity index (χ1) is 14.0. The SMILES string of the molecule is Cn1c(C(=O)NCc2cccc(N)n2)c(C=N)c2sc(C(=O)c3cc[nH]n3)nc21. The van der Waals surface area contributed by atoms with Crippen molar-refractivity contribution >= 4 is 45.4 Å². The van der Waals surface area contributed by atoms with E-state index >= 15 is 0 Å². The van der Waals surface area contributed by atoms with Gasteiger partial charge in [0.1, 0.15) is 17.2 Å². The number of aryl methyl sites for hydroxylation is 1. The molecule has 0 radical (unpaired) electrons. The molecule has 1 amide bonds. The summed E-state index contributed by atoms with van der Waals surface area (Å²) in [6.45, 7) is 0.191. The number of hydrogen-bond acceptors (Lipinski definition) is 8. The van der Waals surface area contributed by atoms with Gasteiger partial charge in [0.05, 0.1) is 16.9 Å². The molecular formula is C18H16N8O2S. The van der Waals surface area contributed by atoms with Crippen LogP contribution < -0.4 is 11.1 Å². The summed E-state index contributed by atoms with van der Waals surface area (Å²) in [7, 11) is 1.67. The largest absolute Gasteiger partial charge is 0.384 e. The van der Waals surface area contributed by atoms with Crippen molar-refractivity contribution in [1.82, 2.24) is 30.0 Å². The molecule has 29 heavy (non-hydrogen) atoms. The smallest absolute Gasteiger partial charge is 0.269 e. The van der Waals surface area contributed by atoms with Crippen LogP contribution in [0.4, 0.5) is 5.82 Å². The van der Waals surface area contributed by atoms with Crippen molar-refractivity contribution in [1.29, 1.82) is 5.41 Å². The summed E-state index contributed by atoms with van der Waals surface area (Å²) in [5.41, 5.74) is 7.68. The number of aromatic amines is 1. The number of carbonyl (C=O) groups excluding carboxylic acids is 2. The number of rotatable bonds is 6. The zero-order valence-electron chi connectivity index (χ0n) is 15.3. The lowest BCUT2D eigenvalue weighted by molar-refractivity contribution is 0.0942. The molecule has 0 aliphatic carbocycles. The van der Waals surface area contributed by atoms with Gasteiger partial charge >= 0.3 is 0 Å². The van der Waals surface area contributed by atoms with Gasteiger partial charge < -0.3 is 21.0 Å². The van der Waals surface area contributed by atoms with Gasteiger partial charge in [-0.25, -0.2) is 9.97 Å². The quantitative estimate of drug-likeness (QED) is 0.280. The predicted molar refractivity (Wildman–Crippen MR) is 108 cm³/mol. The number of aromatic nitrogens is 5. The van der Waals surface area contributed by atoms with E-state index in [1.807, 2.05) is 0 Å².